The van der Waals surface area contributed by atoms with E-state index in [4.69, 9.17) is 0 Å². The van der Waals surface area contributed by atoms with Gasteiger partial charge in [0, 0.05) is 17.0 Å². The van der Waals surface area contributed by atoms with Gasteiger partial charge in [-0.25, -0.2) is 4.98 Å². The lowest BCUT2D eigenvalue weighted by Crippen LogP contribution is -2.08. The van der Waals surface area contributed by atoms with E-state index in [-0.39, 0.29) is 5.91 Å². The first-order valence-corrected chi connectivity index (χ1v) is 5.86. The van der Waals surface area contributed by atoms with Gasteiger partial charge in [0.15, 0.2) is 0 Å². The van der Waals surface area contributed by atoms with E-state index < -0.39 is 0 Å². The Bertz CT molecular complexity index is 796. The van der Waals surface area contributed by atoms with Crippen LogP contribution in [0, 0.1) is 0 Å². The fourth-order valence-electron chi connectivity index (χ4n) is 1.97. The van der Waals surface area contributed by atoms with E-state index >= 15 is 0 Å². The lowest BCUT2D eigenvalue weighted by Gasteiger charge is -2.05. The molecule has 0 fully saturated rings. The van der Waals surface area contributed by atoms with Crippen molar-refractivity contribution in [2.45, 2.75) is 0 Å². The Morgan fingerprint density at radius 1 is 1.11 bits per heavy atom. The highest BCUT2D eigenvalue weighted by molar-refractivity contribution is 6.04. The summed E-state index contributed by atoms with van der Waals surface area (Å²) in [4.78, 5) is 20.1. The van der Waals surface area contributed by atoms with Crippen molar-refractivity contribution in [3.63, 3.8) is 0 Å². The van der Waals surface area contributed by atoms with E-state index in [1.807, 2.05) is 30.3 Å². The van der Waals surface area contributed by atoms with Crippen molar-refractivity contribution in [2.24, 2.45) is 0 Å². The number of carbonyl (C=O) groups excluding carboxylic acids is 1. The van der Waals surface area contributed by atoms with Gasteiger partial charge in [-0.1, -0.05) is 24.8 Å². The Hall–Kier alpha value is -2.75. The molecule has 0 saturated heterocycles. The molecule has 0 bridgehead atoms. The van der Waals surface area contributed by atoms with Crippen molar-refractivity contribution < 1.29 is 4.79 Å². The van der Waals surface area contributed by atoms with Gasteiger partial charge in [-0.3, -0.25) is 9.78 Å². The molecule has 2 heterocycles. The first kappa shape index (κ1) is 11.3. The zero-order chi connectivity index (χ0) is 13.2. The predicted octanol–water partition coefficient (Wildman–Crippen LogP) is 2.91. The summed E-state index contributed by atoms with van der Waals surface area (Å²) in [5.74, 6) is 0.218. The number of benzene rings is 1. The largest absolute Gasteiger partial charge is 0.307 e. The number of amides is 1. The average molecular weight is 249 g/mol. The van der Waals surface area contributed by atoms with Gasteiger partial charge in [-0.15, -0.1) is 0 Å². The van der Waals surface area contributed by atoms with Crippen molar-refractivity contribution >= 4 is 33.5 Å². The fourth-order valence-corrected chi connectivity index (χ4v) is 1.97. The minimum atomic E-state index is -0.278. The summed E-state index contributed by atoms with van der Waals surface area (Å²) < 4.78 is 0. The van der Waals surface area contributed by atoms with Crippen molar-refractivity contribution in [3.05, 3.63) is 55.3 Å². The second-order valence-corrected chi connectivity index (χ2v) is 4.10. The van der Waals surface area contributed by atoms with Crippen LogP contribution in [-0.4, -0.2) is 15.9 Å². The molecule has 92 valence electrons. The summed E-state index contributed by atoms with van der Waals surface area (Å²) in [7, 11) is 0. The maximum absolute atomic E-state index is 11.3. The highest BCUT2D eigenvalue weighted by atomic mass is 16.1. The fraction of sp³-hybridized carbons (Fsp3) is 0. The molecule has 0 aliphatic heterocycles. The highest BCUT2D eigenvalue weighted by Gasteiger charge is 2.05. The number of pyridine rings is 2. The molecule has 0 spiro atoms. The van der Waals surface area contributed by atoms with E-state index in [9.17, 15) is 4.79 Å². The van der Waals surface area contributed by atoms with Crippen LogP contribution < -0.4 is 5.32 Å². The molecule has 19 heavy (non-hydrogen) atoms. The topological polar surface area (TPSA) is 54.9 Å². The summed E-state index contributed by atoms with van der Waals surface area (Å²) in [6, 6.07) is 11.5. The van der Waals surface area contributed by atoms with Gasteiger partial charge in [0.2, 0.25) is 5.91 Å². The highest BCUT2D eigenvalue weighted by Crippen LogP contribution is 2.23. The van der Waals surface area contributed by atoms with Crippen LogP contribution in [0.3, 0.4) is 0 Å². The van der Waals surface area contributed by atoms with Crippen LogP contribution in [0.1, 0.15) is 0 Å². The molecule has 0 atom stereocenters. The third-order valence-electron chi connectivity index (χ3n) is 2.87. The van der Waals surface area contributed by atoms with E-state index in [0.717, 1.165) is 21.8 Å². The Labute approximate surface area is 109 Å². The van der Waals surface area contributed by atoms with Crippen LogP contribution in [0.15, 0.2) is 55.3 Å². The Morgan fingerprint density at radius 3 is 2.63 bits per heavy atom. The van der Waals surface area contributed by atoms with Gasteiger partial charge in [-0.2, -0.15) is 0 Å². The minimum absolute atomic E-state index is 0.278. The summed E-state index contributed by atoms with van der Waals surface area (Å²) in [5, 5.41) is 4.66. The molecule has 2 aromatic heterocycles. The number of fused-ring (bicyclic) bond motifs is 3. The van der Waals surface area contributed by atoms with E-state index in [1.54, 1.807) is 12.3 Å². The van der Waals surface area contributed by atoms with E-state index in [0.29, 0.717) is 5.82 Å². The molecule has 3 aromatic rings. The Balaban J connectivity index is 2.22. The smallest absolute Gasteiger partial charge is 0.248 e. The molecule has 0 aliphatic rings. The van der Waals surface area contributed by atoms with E-state index in [1.165, 1.54) is 6.08 Å². The number of anilines is 1. The number of rotatable bonds is 2. The predicted molar refractivity (Wildman–Crippen MR) is 75.9 cm³/mol. The summed E-state index contributed by atoms with van der Waals surface area (Å²) in [6.45, 7) is 3.42. The van der Waals surface area contributed by atoms with Crippen molar-refractivity contribution in [1.82, 2.24) is 9.97 Å². The molecule has 1 N–H and O–H groups in total. The number of hydrogen-bond acceptors (Lipinski definition) is 3. The maximum atomic E-state index is 11.3. The summed E-state index contributed by atoms with van der Waals surface area (Å²) in [5.41, 5.74) is 1.61. The average Bonchev–Trinajstić information content (AvgIpc) is 2.47. The molecule has 3 rings (SSSR count). The maximum Gasteiger partial charge on any atom is 0.248 e. The molecule has 0 aliphatic carbocycles. The molecular weight excluding hydrogens is 238 g/mol. The molecular formula is C15H11N3O. The molecule has 1 aromatic carbocycles. The normalized spacial score (nSPS) is 10.5. The number of nitrogens with zero attached hydrogens (tertiary/aromatic N) is 2. The number of aromatic nitrogens is 2. The van der Waals surface area contributed by atoms with Crippen LogP contribution in [0.2, 0.25) is 0 Å². The van der Waals surface area contributed by atoms with Crippen LogP contribution in [-0.2, 0) is 4.79 Å². The SMILES string of the molecule is C=CC(=O)Nc1ccc2ccc3cccnc3c2n1. The van der Waals surface area contributed by atoms with Crippen LogP contribution in [0.5, 0.6) is 0 Å². The van der Waals surface area contributed by atoms with Gasteiger partial charge < -0.3 is 5.32 Å². The van der Waals surface area contributed by atoms with Crippen LogP contribution >= 0.6 is 0 Å². The zero-order valence-corrected chi connectivity index (χ0v) is 10.1. The molecule has 0 unspecified atom stereocenters. The van der Waals surface area contributed by atoms with Crippen LogP contribution in [0.25, 0.3) is 21.8 Å². The summed E-state index contributed by atoms with van der Waals surface area (Å²) >= 11 is 0. The summed E-state index contributed by atoms with van der Waals surface area (Å²) in [6.07, 6.45) is 2.95. The van der Waals surface area contributed by atoms with Crippen molar-refractivity contribution in [1.29, 1.82) is 0 Å². The molecule has 4 heteroatoms. The third-order valence-corrected chi connectivity index (χ3v) is 2.87. The molecule has 4 nitrogen and oxygen atoms in total. The van der Waals surface area contributed by atoms with Gasteiger partial charge in [0.25, 0.3) is 0 Å². The van der Waals surface area contributed by atoms with Crippen molar-refractivity contribution in [3.8, 4) is 0 Å². The van der Waals surface area contributed by atoms with Gasteiger partial charge >= 0.3 is 0 Å². The molecule has 1 amide bonds. The standard InChI is InChI=1S/C15H11N3O/c1-2-13(19)17-12-8-7-11-6-5-10-4-3-9-16-14(10)15(11)18-12/h2-9H,1H2,(H,17,18,19). The van der Waals surface area contributed by atoms with Crippen LogP contribution in [0.4, 0.5) is 5.82 Å². The second kappa shape index (κ2) is 4.49. The quantitative estimate of drug-likeness (QED) is 0.561. The first-order valence-electron chi connectivity index (χ1n) is 5.86. The van der Waals surface area contributed by atoms with Gasteiger partial charge in [0.05, 0.1) is 11.0 Å². The second-order valence-electron chi connectivity index (χ2n) is 4.10. The molecule has 0 saturated carbocycles. The lowest BCUT2D eigenvalue weighted by molar-refractivity contribution is -0.111. The first-order chi connectivity index (χ1) is 9.28. The monoisotopic (exact) mass is 249 g/mol. The lowest BCUT2D eigenvalue weighted by atomic mass is 10.1. The van der Waals surface area contributed by atoms with E-state index in [2.05, 4.69) is 21.9 Å². The van der Waals surface area contributed by atoms with Gasteiger partial charge in [-0.05, 0) is 24.3 Å². The zero-order valence-electron chi connectivity index (χ0n) is 10.1. The van der Waals surface area contributed by atoms with Gasteiger partial charge in [0.1, 0.15) is 5.82 Å². The number of hydrogen-bond donors (Lipinski definition) is 1. The minimum Gasteiger partial charge on any atom is -0.307 e. The van der Waals surface area contributed by atoms with Crippen molar-refractivity contribution in [2.75, 3.05) is 5.32 Å². The number of nitrogens with one attached hydrogen (secondary N) is 1. The Morgan fingerprint density at radius 2 is 1.84 bits per heavy atom. The third kappa shape index (κ3) is 2.04. The number of carbonyl (C=O) groups is 1. The molecule has 0 radical (unpaired) electrons. The Kier molecular flexibility index (Phi) is 2.68.